The molecule has 1 aliphatic rings. The Kier molecular flexibility index (Phi) is 2.64. The standard InChI is InChI=1S/C13H19NO2S/c1-12(2)8-13(12,9-14)10-5-4-6-11(7-10)17(3,15)16/h4-7H,8-9,14H2,1-3H3. The minimum Gasteiger partial charge on any atom is -0.330 e. The molecule has 0 radical (unpaired) electrons. The Morgan fingerprint density at radius 1 is 1.35 bits per heavy atom. The highest BCUT2D eigenvalue weighted by molar-refractivity contribution is 7.90. The third-order valence-corrected chi connectivity index (χ3v) is 5.19. The lowest BCUT2D eigenvalue weighted by Gasteiger charge is -2.19. The summed E-state index contributed by atoms with van der Waals surface area (Å²) in [4.78, 5) is 0.380. The van der Waals surface area contributed by atoms with Crippen molar-refractivity contribution in [1.82, 2.24) is 0 Å². The third kappa shape index (κ3) is 1.89. The first kappa shape index (κ1) is 12.6. The SMILES string of the molecule is CC1(C)CC1(CN)c1cccc(S(C)(=O)=O)c1. The zero-order valence-corrected chi connectivity index (χ0v) is 11.3. The van der Waals surface area contributed by atoms with Crippen LogP contribution in [0.3, 0.4) is 0 Å². The summed E-state index contributed by atoms with van der Waals surface area (Å²) in [5.74, 6) is 0. The summed E-state index contributed by atoms with van der Waals surface area (Å²) >= 11 is 0. The first-order valence-corrected chi connectivity index (χ1v) is 7.63. The maximum absolute atomic E-state index is 11.6. The lowest BCUT2D eigenvalue weighted by molar-refractivity contribution is 0.502. The van der Waals surface area contributed by atoms with E-state index in [1.54, 1.807) is 18.2 Å². The summed E-state index contributed by atoms with van der Waals surface area (Å²) in [6.07, 6.45) is 2.25. The maximum Gasteiger partial charge on any atom is 0.175 e. The van der Waals surface area contributed by atoms with Crippen LogP contribution in [0.15, 0.2) is 29.2 Å². The smallest absolute Gasteiger partial charge is 0.175 e. The van der Waals surface area contributed by atoms with E-state index in [2.05, 4.69) is 13.8 Å². The van der Waals surface area contributed by atoms with Crippen molar-refractivity contribution < 1.29 is 8.42 Å². The Hall–Kier alpha value is -0.870. The van der Waals surface area contributed by atoms with Crippen molar-refractivity contribution in [3.63, 3.8) is 0 Å². The van der Waals surface area contributed by atoms with Gasteiger partial charge in [-0.1, -0.05) is 26.0 Å². The molecule has 0 spiro atoms. The van der Waals surface area contributed by atoms with Gasteiger partial charge in [0.05, 0.1) is 4.90 Å². The van der Waals surface area contributed by atoms with Gasteiger partial charge in [-0.25, -0.2) is 8.42 Å². The van der Waals surface area contributed by atoms with Gasteiger partial charge in [-0.15, -0.1) is 0 Å². The highest BCUT2D eigenvalue weighted by Crippen LogP contribution is 2.63. The molecule has 1 atom stereocenters. The monoisotopic (exact) mass is 253 g/mol. The molecule has 0 amide bonds. The fourth-order valence-electron chi connectivity index (χ4n) is 2.69. The Morgan fingerprint density at radius 3 is 2.35 bits per heavy atom. The maximum atomic E-state index is 11.6. The average molecular weight is 253 g/mol. The molecule has 0 aliphatic heterocycles. The van der Waals surface area contributed by atoms with Crippen LogP contribution in [0.1, 0.15) is 25.8 Å². The van der Waals surface area contributed by atoms with E-state index in [-0.39, 0.29) is 10.8 Å². The molecule has 1 saturated carbocycles. The molecule has 0 bridgehead atoms. The van der Waals surface area contributed by atoms with Crippen LogP contribution in [0.5, 0.6) is 0 Å². The number of hydrogen-bond acceptors (Lipinski definition) is 3. The van der Waals surface area contributed by atoms with E-state index in [1.807, 2.05) is 6.07 Å². The average Bonchev–Trinajstić information content (AvgIpc) is 2.81. The molecular weight excluding hydrogens is 234 g/mol. The van der Waals surface area contributed by atoms with E-state index < -0.39 is 9.84 Å². The van der Waals surface area contributed by atoms with Gasteiger partial charge in [0.15, 0.2) is 9.84 Å². The van der Waals surface area contributed by atoms with Crippen LogP contribution in [0, 0.1) is 5.41 Å². The molecule has 0 saturated heterocycles. The van der Waals surface area contributed by atoms with Crippen molar-refractivity contribution in [2.75, 3.05) is 12.8 Å². The van der Waals surface area contributed by atoms with Gasteiger partial charge < -0.3 is 5.73 Å². The van der Waals surface area contributed by atoms with Crippen molar-refractivity contribution in [3.8, 4) is 0 Å². The second-order valence-electron chi connectivity index (χ2n) is 5.65. The lowest BCUT2D eigenvalue weighted by atomic mass is 9.88. The van der Waals surface area contributed by atoms with Crippen LogP contribution in [0.4, 0.5) is 0 Å². The minimum atomic E-state index is -3.14. The molecule has 17 heavy (non-hydrogen) atoms. The Labute approximate surface area is 103 Å². The van der Waals surface area contributed by atoms with E-state index in [9.17, 15) is 8.42 Å². The minimum absolute atomic E-state index is 0.0479. The van der Waals surface area contributed by atoms with E-state index >= 15 is 0 Å². The molecule has 1 aromatic rings. The van der Waals surface area contributed by atoms with Crippen LogP contribution in [-0.2, 0) is 15.3 Å². The third-order valence-electron chi connectivity index (χ3n) is 4.08. The topological polar surface area (TPSA) is 60.2 Å². The Balaban J connectivity index is 2.49. The molecule has 1 aromatic carbocycles. The molecule has 3 nitrogen and oxygen atoms in total. The summed E-state index contributed by atoms with van der Waals surface area (Å²) in [7, 11) is -3.14. The molecular formula is C13H19NO2S. The van der Waals surface area contributed by atoms with Gasteiger partial charge >= 0.3 is 0 Å². The molecule has 2 rings (SSSR count). The van der Waals surface area contributed by atoms with Gasteiger partial charge in [-0.2, -0.15) is 0 Å². The van der Waals surface area contributed by atoms with E-state index in [1.165, 1.54) is 6.26 Å². The predicted molar refractivity (Wildman–Crippen MR) is 68.7 cm³/mol. The quantitative estimate of drug-likeness (QED) is 0.892. The van der Waals surface area contributed by atoms with E-state index in [4.69, 9.17) is 5.73 Å². The van der Waals surface area contributed by atoms with E-state index in [0.717, 1.165) is 12.0 Å². The highest BCUT2D eigenvalue weighted by Gasteiger charge is 2.60. The molecule has 1 fully saturated rings. The fourth-order valence-corrected chi connectivity index (χ4v) is 3.36. The van der Waals surface area contributed by atoms with Crippen LogP contribution in [-0.4, -0.2) is 21.2 Å². The van der Waals surface area contributed by atoms with Crippen LogP contribution in [0.2, 0.25) is 0 Å². The molecule has 1 unspecified atom stereocenters. The van der Waals surface area contributed by atoms with Crippen molar-refractivity contribution in [3.05, 3.63) is 29.8 Å². The van der Waals surface area contributed by atoms with Gasteiger partial charge in [-0.3, -0.25) is 0 Å². The summed E-state index contributed by atoms with van der Waals surface area (Å²) < 4.78 is 23.1. The molecule has 4 heteroatoms. The molecule has 1 aliphatic carbocycles. The summed E-state index contributed by atoms with van der Waals surface area (Å²) in [6.45, 7) is 4.91. The second kappa shape index (κ2) is 3.56. The molecule has 94 valence electrons. The van der Waals surface area contributed by atoms with Crippen LogP contribution >= 0.6 is 0 Å². The fraction of sp³-hybridized carbons (Fsp3) is 0.538. The van der Waals surface area contributed by atoms with Crippen molar-refractivity contribution in [2.45, 2.75) is 30.6 Å². The zero-order valence-electron chi connectivity index (χ0n) is 10.5. The Bertz CT molecular complexity index is 548. The molecule has 0 aromatic heterocycles. The van der Waals surface area contributed by atoms with Crippen LogP contribution in [0.25, 0.3) is 0 Å². The lowest BCUT2D eigenvalue weighted by Crippen LogP contribution is -2.25. The first-order chi connectivity index (χ1) is 7.73. The molecule has 2 N–H and O–H groups in total. The number of benzene rings is 1. The highest BCUT2D eigenvalue weighted by atomic mass is 32.2. The van der Waals surface area contributed by atoms with Gasteiger partial charge in [-0.05, 0) is 29.5 Å². The van der Waals surface area contributed by atoms with Gasteiger partial charge in [0, 0.05) is 18.2 Å². The van der Waals surface area contributed by atoms with E-state index in [0.29, 0.717) is 11.4 Å². The van der Waals surface area contributed by atoms with Gasteiger partial charge in [0.2, 0.25) is 0 Å². The van der Waals surface area contributed by atoms with Crippen molar-refractivity contribution in [1.29, 1.82) is 0 Å². The number of sulfone groups is 1. The Morgan fingerprint density at radius 2 is 1.94 bits per heavy atom. The number of nitrogens with two attached hydrogens (primary N) is 1. The molecule has 0 heterocycles. The van der Waals surface area contributed by atoms with Crippen molar-refractivity contribution >= 4 is 9.84 Å². The first-order valence-electron chi connectivity index (χ1n) is 5.74. The summed E-state index contributed by atoms with van der Waals surface area (Å²) in [5.41, 5.74) is 7.05. The summed E-state index contributed by atoms with van der Waals surface area (Å²) in [6, 6.07) is 7.20. The van der Waals surface area contributed by atoms with Crippen molar-refractivity contribution in [2.24, 2.45) is 11.1 Å². The van der Waals surface area contributed by atoms with Gasteiger partial charge in [0.25, 0.3) is 0 Å². The predicted octanol–water partition coefficient (Wildman–Crippen LogP) is 1.72. The zero-order chi connectivity index (χ0) is 12.9. The second-order valence-corrected chi connectivity index (χ2v) is 7.66. The van der Waals surface area contributed by atoms with Gasteiger partial charge in [0.1, 0.15) is 0 Å². The summed E-state index contributed by atoms with van der Waals surface area (Å²) in [5, 5.41) is 0. The number of rotatable bonds is 3. The largest absolute Gasteiger partial charge is 0.330 e. The normalized spacial score (nSPS) is 26.8. The van der Waals surface area contributed by atoms with Crippen LogP contribution < -0.4 is 5.73 Å². The number of hydrogen-bond donors (Lipinski definition) is 1.